The lowest BCUT2D eigenvalue weighted by Gasteiger charge is -2.10. The summed E-state index contributed by atoms with van der Waals surface area (Å²) in [5.74, 6) is 0.579. The summed E-state index contributed by atoms with van der Waals surface area (Å²) < 4.78 is 5.08. The van der Waals surface area contributed by atoms with Crippen LogP contribution in [-0.2, 0) is 0 Å². The van der Waals surface area contributed by atoms with Crippen molar-refractivity contribution in [2.45, 2.75) is 19.3 Å². The number of hydrogen-bond acceptors (Lipinski definition) is 2. The molecule has 3 heteroatoms. The van der Waals surface area contributed by atoms with Crippen LogP contribution in [0, 0.1) is 11.3 Å². The number of halogens is 1. The summed E-state index contributed by atoms with van der Waals surface area (Å²) in [7, 11) is 1.60. The molecule has 14 heavy (non-hydrogen) atoms. The summed E-state index contributed by atoms with van der Waals surface area (Å²) in [5, 5.41) is 9.54. The predicted molar refractivity (Wildman–Crippen MR) is 56.6 cm³/mol. The number of nitrogens with zero attached hydrogens (tertiary/aromatic N) is 1. The predicted octanol–water partition coefficient (Wildman–Crippen LogP) is 3.37. The molecule has 0 aromatic heterocycles. The second kappa shape index (κ2) is 4.88. The molecule has 0 saturated heterocycles. The minimum atomic E-state index is -0.155. The van der Waals surface area contributed by atoms with Gasteiger partial charge in [-0.2, -0.15) is 5.26 Å². The third kappa shape index (κ3) is 2.18. The minimum absolute atomic E-state index is 0.155. The monoisotopic (exact) mass is 209 g/mol. The first kappa shape index (κ1) is 10.9. The molecule has 2 nitrogen and oxygen atoms in total. The van der Waals surface area contributed by atoms with Gasteiger partial charge in [-0.15, -0.1) is 0 Å². The maximum atomic E-state index is 8.92. The first-order valence-electron chi connectivity index (χ1n) is 4.46. The first-order chi connectivity index (χ1) is 6.72. The molecule has 0 aliphatic heterocycles. The van der Waals surface area contributed by atoms with Gasteiger partial charge < -0.3 is 4.74 Å². The highest BCUT2D eigenvalue weighted by atomic mass is 35.5. The van der Waals surface area contributed by atoms with Crippen molar-refractivity contribution in [1.82, 2.24) is 0 Å². The van der Waals surface area contributed by atoms with E-state index >= 15 is 0 Å². The summed E-state index contributed by atoms with van der Waals surface area (Å²) in [6.45, 7) is 1.96. The van der Waals surface area contributed by atoms with Gasteiger partial charge in [0.25, 0.3) is 0 Å². The van der Waals surface area contributed by atoms with Crippen LogP contribution in [0.4, 0.5) is 0 Å². The van der Waals surface area contributed by atoms with Crippen LogP contribution in [0.15, 0.2) is 18.2 Å². The molecule has 0 heterocycles. The number of benzene rings is 1. The Morgan fingerprint density at radius 3 is 2.79 bits per heavy atom. The average Bonchev–Trinajstić information content (AvgIpc) is 2.22. The smallest absolute Gasteiger partial charge is 0.119 e. The zero-order valence-corrected chi connectivity index (χ0v) is 9.01. The van der Waals surface area contributed by atoms with Gasteiger partial charge in [-0.1, -0.05) is 18.5 Å². The average molecular weight is 210 g/mol. The van der Waals surface area contributed by atoms with Crippen molar-refractivity contribution < 1.29 is 4.74 Å². The lowest BCUT2D eigenvalue weighted by atomic mass is 9.98. The van der Waals surface area contributed by atoms with Gasteiger partial charge in [-0.3, -0.25) is 0 Å². The Hall–Kier alpha value is -1.20. The molecule has 0 saturated carbocycles. The highest BCUT2D eigenvalue weighted by Gasteiger charge is 2.12. The minimum Gasteiger partial charge on any atom is -0.497 e. The van der Waals surface area contributed by atoms with Gasteiger partial charge in [-0.25, -0.2) is 0 Å². The fourth-order valence-corrected chi connectivity index (χ4v) is 1.55. The van der Waals surface area contributed by atoms with Gasteiger partial charge in [0.2, 0.25) is 0 Å². The van der Waals surface area contributed by atoms with Crippen molar-refractivity contribution in [2.24, 2.45) is 0 Å². The van der Waals surface area contributed by atoms with E-state index in [9.17, 15) is 0 Å². The molecule has 0 bridgehead atoms. The van der Waals surface area contributed by atoms with E-state index in [1.165, 1.54) is 0 Å². The van der Waals surface area contributed by atoms with Gasteiger partial charge in [0.05, 0.1) is 19.1 Å². The van der Waals surface area contributed by atoms with E-state index in [1.807, 2.05) is 13.0 Å². The third-order valence-corrected chi connectivity index (χ3v) is 2.49. The molecule has 1 rings (SSSR count). The molecule has 0 aliphatic rings. The molecular formula is C11H12ClNO. The number of rotatable bonds is 3. The van der Waals surface area contributed by atoms with E-state index in [0.717, 1.165) is 17.7 Å². The van der Waals surface area contributed by atoms with Crippen LogP contribution in [-0.4, -0.2) is 7.11 Å². The van der Waals surface area contributed by atoms with Crippen LogP contribution < -0.4 is 4.74 Å². The topological polar surface area (TPSA) is 33.0 Å². The van der Waals surface area contributed by atoms with Crippen LogP contribution in [0.2, 0.25) is 5.02 Å². The zero-order valence-electron chi connectivity index (χ0n) is 8.25. The van der Waals surface area contributed by atoms with Crippen molar-refractivity contribution in [3.05, 3.63) is 28.8 Å². The van der Waals surface area contributed by atoms with Gasteiger partial charge in [0.15, 0.2) is 0 Å². The highest BCUT2D eigenvalue weighted by molar-refractivity contribution is 6.31. The van der Waals surface area contributed by atoms with Crippen LogP contribution in [0.3, 0.4) is 0 Å². The second-order valence-electron chi connectivity index (χ2n) is 2.98. The molecule has 0 spiro atoms. The van der Waals surface area contributed by atoms with Crippen LogP contribution in [0.25, 0.3) is 0 Å². The second-order valence-corrected chi connectivity index (χ2v) is 3.38. The summed E-state index contributed by atoms with van der Waals surface area (Å²) >= 11 is 6.00. The molecule has 0 N–H and O–H groups in total. The molecular weight excluding hydrogens is 198 g/mol. The maximum absolute atomic E-state index is 8.92. The molecule has 74 valence electrons. The fourth-order valence-electron chi connectivity index (χ4n) is 1.30. The molecule has 0 aliphatic carbocycles. The lowest BCUT2D eigenvalue weighted by molar-refractivity contribution is 0.414. The van der Waals surface area contributed by atoms with Gasteiger partial charge in [0.1, 0.15) is 5.75 Å². The van der Waals surface area contributed by atoms with Gasteiger partial charge >= 0.3 is 0 Å². The number of ether oxygens (including phenoxy) is 1. The molecule has 0 radical (unpaired) electrons. The fraction of sp³-hybridized carbons (Fsp3) is 0.364. The molecule has 1 atom stereocenters. The Bertz CT molecular complexity index is 357. The summed E-state index contributed by atoms with van der Waals surface area (Å²) in [6, 6.07) is 7.59. The third-order valence-electron chi connectivity index (χ3n) is 2.14. The highest BCUT2D eigenvalue weighted by Crippen LogP contribution is 2.29. The Kier molecular flexibility index (Phi) is 3.79. The van der Waals surface area contributed by atoms with E-state index in [2.05, 4.69) is 6.07 Å². The Morgan fingerprint density at radius 2 is 2.29 bits per heavy atom. The summed E-state index contributed by atoms with van der Waals surface area (Å²) in [4.78, 5) is 0. The summed E-state index contributed by atoms with van der Waals surface area (Å²) in [6.07, 6.45) is 0.753. The lowest BCUT2D eigenvalue weighted by Crippen LogP contribution is -1.95. The Morgan fingerprint density at radius 1 is 1.57 bits per heavy atom. The normalized spacial score (nSPS) is 11.9. The van der Waals surface area contributed by atoms with Crippen molar-refractivity contribution in [2.75, 3.05) is 7.11 Å². The quantitative estimate of drug-likeness (QED) is 0.765. The van der Waals surface area contributed by atoms with E-state index in [-0.39, 0.29) is 5.92 Å². The van der Waals surface area contributed by atoms with Crippen LogP contribution in [0.5, 0.6) is 5.75 Å². The van der Waals surface area contributed by atoms with Crippen LogP contribution in [0.1, 0.15) is 24.8 Å². The molecule has 1 aromatic carbocycles. The standard InChI is InChI=1S/C11H12ClNO/c1-3-8(7-13)10-6-9(14-2)4-5-11(10)12/h4-6,8H,3H2,1-2H3. The van der Waals surface area contributed by atoms with Gasteiger partial charge in [-0.05, 0) is 30.2 Å². The zero-order chi connectivity index (χ0) is 10.6. The SMILES string of the molecule is CCC(C#N)c1cc(OC)ccc1Cl. The molecule has 0 amide bonds. The van der Waals surface area contributed by atoms with Crippen molar-refractivity contribution in [3.8, 4) is 11.8 Å². The van der Waals surface area contributed by atoms with E-state index in [4.69, 9.17) is 21.6 Å². The van der Waals surface area contributed by atoms with Crippen molar-refractivity contribution >= 4 is 11.6 Å². The van der Waals surface area contributed by atoms with E-state index in [1.54, 1.807) is 19.2 Å². The number of hydrogen-bond donors (Lipinski definition) is 0. The van der Waals surface area contributed by atoms with Crippen LogP contribution >= 0.6 is 11.6 Å². The first-order valence-corrected chi connectivity index (χ1v) is 4.83. The Labute approximate surface area is 89.1 Å². The summed E-state index contributed by atoms with van der Waals surface area (Å²) in [5.41, 5.74) is 0.844. The van der Waals surface area contributed by atoms with E-state index < -0.39 is 0 Å². The number of nitriles is 1. The molecule has 0 fully saturated rings. The van der Waals surface area contributed by atoms with Crippen molar-refractivity contribution in [3.63, 3.8) is 0 Å². The Balaban J connectivity index is 3.12. The maximum Gasteiger partial charge on any atom is 0.119 e. The largest absolute Gasteiger partial charge is 0.497 e. The molecule has 1 aromatic rings. The van der Waals surface area contributed by atoms with Crippen molar-refractivity contribution in [1.29, 1.82) is 5.26 Å². The van der Waals surface area contributed by atoms with Gasteiger partial charge in [0, 0.05) is 5.02 Å². The number of methoxy groups -OCH3 is 1. The molecule has 1 unspecified atom stereocenters. The van der Waals surface area contributed by atoms with E-state index in [0.29, 0.717) is 5.02 Å².